The molecule has 5 amide bonds. The Bertz CT molecular complexity index is 4510. The van der Waals surface area contributed by atoms with Crippen molar-refractivity contribution >= 4 is 18.2 Å². The number of nitrogens with one attached hydrogen (secondary N) is 2. The van der Waals surface area contributed by atoms with E-state index in [0.717, 1.165) is 112 Å². The first-order chi connectivity index (χ1) is 47.3. The molecule has 100 heavy (non-hydrogen) atoms. The lowest BCUT2D eigenvalue weighted by Crippen LogP contribution is -2.31. The highest BCUT2D eigenvalue weighted by Crippen LogP contribution is 2.41. The van der Waals surface area contributed by atoms with E-state index in [4.69, 9.17) is 4.74 Å². The van der Waals surface area contributed by atoms with Crippen molar-refractivity contribution < 1.29 is 45.5 Å². The normalized spacial score (nSPS) is 16.8. The number of halogens is 6. The summed E-state index contributed by atoms with van der Waals surface area (Å²) in [5.74, 6) is -0.386. The number of alkyl halides is 3. The quantitative estimate of drug-likeness (QED) is 0.100. The summed E-state index contributed by atoms with van der Waals surface area (Å²) in [6, 6.07) is 50.1. The maximum Gasteiger partial charge on any atom is 0.416 e. The number of carbonyl (C=O) groups is 3. The van der Waals surface area contributed by atoms with Crippen LogP contribution in [0.15, 0.2) is 164 Å². The molecule has 0 spiro atoms. The average molecular weight is 1360 g/mol. The summed E-state index contributed by atoms with van der Waals surface area (Å²) in [5.41, 5.74) is 20.5. The van der Waals surface area contributed by atoms with Gasteiger partial charge in [-0.25, -0.2) is 27.6 Å². The summed E-state index contributed by atoms with van der Waals surface area (Å²) < 4.78 is 89.1. The summed E-state index contributed by atoms with van der Waals surface area (Å²) >= 11 is 0. The second kappa shape index (κ2) is 30.5. The molecule has 2 N–H and O–H groups in total. The van der Waals surface area contributed by atoms with Crippen LogP contribution >= 0.6 is 0 Å². The van der Waals surface area contributed by atoms with Crippen molar-refractivity contribution in [1.29, 1.82) is 0 Å². The molecule has 3 fully saturated rings. The highest BCUT2D eigenvalue weighted by molar-refractivity contribution is 5.81. The molecular weight excluding hydrogens is 1270 g/mol. The second-order valence-electron chi connectivity index (χ2n) is 28.5. The van der Waals surface area contributed by atoms with Gasteiger partial charge in [-0.05, 0) is 223 Å². The third-order valence-electron chi connectivity index (χ3n) is 19.2. The fraction of sp³-hybridized carbons (Fsp3) is 0.329. The summed E-state index contributed by atoms with van der Waals surface area (Å²) in [6.45, 7) is 31.5. The number of urea groups is 2. The first-order valence-corrected chi connectivity index (χ1v) is 34.4. The number of hydrogen-bond donors (Lipinski definition) is 2. The Morgan fingerprint density at radius 3 is 1.43 bits per heavy atom. The van der Waals surface area contributed by atoms with Gasteiger partial charge >= 0.3 is 24.3 Å². The Morgan fingerprint density at radius 2 is 0.930 bits per heavy atom. The molecule has 15 heteroatoms. The molecule has 0 saturated carbocycles. The van der Waals surface area contributed by atoms with Crippen LogP contribution in [0.3, 0.4) is 0 Å². The molecule has 9 aromatic rings. The molecule has 9 nitrogen and oxygen atoms in total. The minimum atomic E-state index is -4.45. The lowest BCUT2D eigenvalue weighted by Gasteiger charge is -2.23. The van der Waals surface area contributed by atoms with Crippen LogP contribution in [0.2, 0.25) is 0 Å². The maximum atomic E-state index is 14.6. The molecule has 0 bridgehead atoms. The summed E-state index contributed by atoms with van der Waals surface area (Å²) in [6.07, 6.45) is -5.06. The zero-order valence-corrected chi connectivity index (χ0v) is 59.9. The number of aryl methyl sites for hydroxylation is 8. The van der Waals surface area contributed by atoms with Crippen molar-refractivity contribution in [2.75, 3.05) is 13.1 Å². The van der Waals surface area contributed by atoms with Gasteiger partial charge in [0.25, 0.3) is 0 Å². The van der Waals surface area contributed by atoms with Gasteiger partial charge in [-0.3, -0.25) is 4.90 Å². The van der Waals surface area contributed by atoms with Gasteiger partial charge in [0.1, 0.15) is 23.6 Å². The van der Waals surface area contributed by atoms with Crippen molar-refractivity contribution in [3.05, 3.63) is 281 Å². The van der Waals surface area contributed by atoms with Crippen molar-refractivity contribution in [3.63, 3.8) is 0 Å². The van der Waals surface area contributed by atoms with E-state index in [1.807, 2.05) is 154 Å². The number of amides is 5. The molecule has 522 valence electrons. The Labute approximate surface area is 585 Å². The number of nitrogens with zero attached hydrogens (tertiary/aromatic N) is 3. The predicted octanol–water partition coefficient (Wildman–Crippen LogP) is 21.9. The minimum Gasteiger partial charge on any atom is -0.439 e. The largest absolute Gasteiger partial charge is 0.439 e. The Hall–Kier alpha value is -9.63. The van der Waals surface area contributed by atoms with Crippen LogP contribution in [0.4, 0.5) is 40.7 Å². The summed E-state index contributed by atoms with van der Waals surface area (Å²) in [7, 11) is 0. The monoisotopic (exact) mass is 1360 g/mol. The van der Waals surface area contributed by atoms with Gasteiger partial charge in [0, 0.05) is 26.2 Å². The molecule has 2 unspecified atom stereocenters. The molecule has 4 atom stereocenters. The van der Waals surface area contributed by atoms with E-state index in [9.17, 15) is 40.7 Å². The maximum absolute atomic E-state index is 14.6. The predicted molar refractivity (Wildman–Crippen MR) is 388 cm³/mol. The zero-order valence-electron chi connectivity index (χ0n) is 59.9. The molecule has 12 rings (SSSR count). The van der Waals surface area contributed by atoms with Gasteiger partial charge in [0.05, 0.1) is 30.2 Å². The van der Waals surface area contributed by atoms with E-state index in [0.29, 0.717) is 54.0 Å². The van der Waals surface area contributed by atoms with Crippen LogP contribution in [0.1, 0.15) is 185 Å². The molecule has 0 radical (unpaired) electrons. The Morgan fingerprint density at radius 1 is 0.460 bits per heavy atom. The SMILES string of the molecule is Cc1cc(C)cc([C@H]2OC(=O)N(Cc3cc(C)ccc3-c3ccc(F)c(C(C)C)c3)[C@H]2C)c1.Cc1cc(CN2CC(c3cc(C)ccc3-c3cc(C(C)C)c(F)cc3C)NC2=O)cc(C(F)(F)F)c1.Cc1ccc(-c2cc(C(C)C)c(F)cc2C)c(C2CN(Cc3ccccc3)C(=O)N2)c1. The van der Waals surface area contributed by atoms with Gasteiger partial charge in [-0.2, -0.15) is 13.2 Å². The van der Waals surface area contributed by atoms with Crippen LogP contribution < -0.4 is 10.6 Å². The van der Waals surface area contributed by atoms with Gasteiger partial charge in [-0.15, -0.1) is 0 Å². The average Bonchev–Trinajstić information content (AvgIpc) is 1.32. The molecule has 3 aliphatic rings. The molecule has 3 saturated heterocycles. The molecule has 0 aromatic heterocycles. The smallest absolute Gasteiger partial charge is 0.416 e. The van der Waals surface area contributed by atoms with Gasteiger partial charge in [-0.1, -0.05) is 190 Å². The first kappa shape index (κ1) is 73.1. The van der Waals surface area contributed by atoms with E-state index in [2.05, 4.69) is 86.0 Å². The highest BCUT2D eigenvalue weighted by atomic mass is 19.4. The number of carbonyl (C=O) groups excluding carboxylic acids is 3. The van der Waals surface area contributed by atoms with Crippen LogP contribution in [-0.4, -0.2) is 52.0 Å². The van der Waals surface area contributed by atoms with Crippen LogP contribution in [0.5, 0.6) is 0 Å². The minimum absolute atomic E-state index is 0.0100. The van der Waals surface area contributed by atoms with E-state index >= 15 is 0 Å². The molecule has 0 aliphatic carbocycles. The molecule has 9 aromatic carbocycles. The third kappa shape index (κ3) is 16.8. The lowest BCUT2D eigenvalue weighted by molar-refractivity contribution is -0.137. The number of hydrogen-bond acceptors (Lipinski definition) is 4. The highest BCUT2D eigenvalue weighted by Gasteiger charge is 2.41. The van der Waals surface area contributed by atoms with Gasteiger partial charge in [0.15, 0.2) is 0 Å². The second-order valence-corrected chi connectivity index (χ2v) is 28.5. The van der Waals surface area contributed by atoms with E-state index in [1.54, 1.807) is 30.0 Å². The van der Waals surface area contributed by atoms with Crippen molar-refractivity contribution in [2.24, 2.45) is 0 Å². The summed E-state index contributed by atoms with van der Waals surface area (Å²) in [4.78, 5) is 43.7. The van der Waals surface area contributed by atoms with Crippen molar-refractivity contribution in [1.82, 2.24) is 25.3 Å². The number of cyclic esters (lactones) is 1. The molecule has 3 heterocycles. The van der Waals surface area contributed by atoms with Crippen LogP contribution in [0.25, 0.3) is 33.4 Å². The number of benzene rings is 9. The third-order valence-corrected chi connectivity index (χ3v) is 19.2. The van der Waals surface area contributed by atoms with E-state index in [1.165, 1.54) is 11.0 Å². The van der Waals surface area contributed by atoms with E-state index in [-0.39, 0.29) is 84.1 Å². The number of rotatable bonds is 15. The van der Waals surface area contributed by atoms with Crippen molar-refractivity contribution in [3.8, 4) is 33.4 Å². The topological polar surface area (TPSA) is 94.2 Å². The van der Waals surface area contributed by atoms with Crippen LogP contribution in [0, 0.1) is 72.8 Å². The van der Waals surface area contributed by atoms with Crippen molar-refractivity contribution in [2.45, 2.75) is 172 Å². The first-order valence-electron chi connectivity index (χ1n) is 34.4. The summed E-state index contributed by atoms with van der Waals surface area (Å²) in [5, 5.41) is 6.16. The Balaban J connectivity index is 0.000000162. The van der Waals surface area contributed by atoms with Gasteiger partial charge in [0.2, 0.25) is 0 Å². The molecular formula is C85H91F6N5O4. The lowest BCUT2D eigenvalue weighted by atomic mass is 9.88. The molecule has 3 aliphatic heterocycles. The fourth-order valence-electron chi connectivity index (χ4n) is 14.0. The Kier molecular flexibility index (Phi) is 22.3. The van der Waals surface area contributed by atoms with Crippen LogP contribution in [-0.2, 0) is 30.5 Å². The zero-order chi connectivity index (χ0) is 72.3. The van der Waals surface area contributed by atoms with E-state index < -0.39 is 11.7 Å². The fourth-order valence-corrected chi connectivity index (χ4v) is 14.0. The standard InChI is InChI=1S/C29H30F4N2O.C29H32FNO2.C27H29FN2O/c1-16(2)23-13-24(19(5)11-26(23)30)22-7-6-17(3)10-25(22)27-15-35(28(36)34-27)14-20-8-18(4)9-21(12-20)29(31,32)33;1-17(2)26-15-22(8-10-27(26)30)25-9-7-18(3)12-24(25)16-31-21(6)28(33-29(31)32)23-13-19(4)11-20(5)14-23;1-17(2)22-14-23(19(4)13-25(22)28)21-11-10-18(3)12-24(21)26-16-30(27(31)29-26)15-20-8-6-5-7-9-20/h6-13,16,27H,14-15H2,1-5H3,(H,34,36);7-15,17,21,28H,16H2,1-6H3;5-14,17,26H,15-16H2,1-4H3,(H,29,31)/t;21-,28-;/m.0./s1. The number of ether oxygens (including phenoxy) is 1. The van der Waals surface area contributed by atoms with Gasteiger partial charge < -0.3 is 25.2 Å².